The van der Waals surface area contributed by atoms with Crippen molar-refractivity contribution >= 4 is 67.8 Å². The molecule has 44 heavy (non-hydrogen) atoms. The smallest absolute Gasteiger partial charge is 0.149 e. The summed E-state index contributed by atoms with van der Waals surface area (Å²) in [4.78, 5) is 5.25. The Morgan fingerprint density at radius 1 is 0.659 bits per heavy atom. The fourth-order valence-electron chi connectivity index (χ4n) is 6.80. The summed E-state index contributed by atoms with van der Waals surface area (Å²) in [5, 5.41) is 8.59. The number of aromatic nitrogens is 2. The van der Waals surface area contributed by atoms with Gasteiger partial charge in [0.05, 0.1) is 30.4 Å². The highest BCUT2D eigenvalue weighted by Crippen LogP contribution is 2.42. The molecule has 0 aliphatic carbocycles. The van der Waals surface area contributed by atoms with Gasteiger partial charge < -0.3 is 4.42 Å². The molecule has 6 aromatic carbocycles. The Kier molecular flexibility index (Phi) is 5.76. The van der Waals surface area contributed by atoms with Crippen LogP contribution in [0.3, 0.4) is 0 Å². The van der Waals surface area contributed by atoms with E-state index in [0.29, 0.717) is 0 Å². The topological polar surface area (TPSA) is 31.0 Å². The minimum Gasteiger partial charge on any atom is -0.455 e. The van der Waals surface area contributed by atoms with Gasteiger partial charge in [-0.3, -0.25) is 4.57 Å². The van der Waals surface area contributed by atoms with E-state index in [4.69, 9.17) is 9.40 Å². The van der Waals surface area contributed by atoms with E-state index in [1.165, 1.54) is 32.3 Å². The van der Waals surface area contributed by atoms with Crippen molar-refractivity contribution in [3.05, 3.63) is 115 Å². The lowest BCUT2D eigenvalue weighted by Gasteiger charge is -2.24. The number of fused-ring (bicyclic) bond motifs is 8. The third-order valence-corrected chi connectivity index (χ3v) is 11.1. The number of furan rings is 1. The molecule has 0 bridgehead atoms. The first-order valence-electron chi connectivity index (χ1n) is 15.5. The van der Waals surface area contributed by atoms with Gasteiger partial charge in [-0.25, -0.2) is 4.98 Å². The zero-order valence-electron chi connectivity index (χ0n) is 26.2. The van der Waals surface area contributed by atoms with Crippen LogP contribution < -0.4 is 5.19 Å². The number of imidazole rings is 1. The lowest BCUT2D eigenvalue weighted by molar-refractivity contribution is 0.587. The fraction of sp³-hybridized carbons (Fsp3) is 0.175. The van der Waals surface area contributed by atoms with Gasteiger partial charge >= 0.3 is 0 Å². The quantitative estimate of drug-likeness (QED) is 0.152. The van der Waals surface area contributed by atoms with E-state index < -0.39 is 8.07 Å². The molecule has 0 fully saturated rings. The zero-order chi connectivity index (χ0) is 30.4. The van der Waals surface area contributed by atoms with Crippen molar-refractivity contribution in [2.45, 2.75) is 45.8 Å². The third kappa shape index (κ3) is 4.05. The first-order chi connectivity index (χ1) is 21.1. The molecule has 0 radical (unpaired) electrons. The molecule has 3 nitrogen and oxygen atoms in total. The second-order valence-electron chi connectivity index (χ2n) is 14.1. The van der Waals surface area contributed by atoms with Crippen molar-refractivity contribution in [1.82, 2.24) is 9.55 Å². The molecule has 0 spiro atoms. The van der Waals surface area contributed by atoms with Crippen LogP contribution in [0.1, 0.15) is 26.3 Å². The molecule has 0 unspecified atom stereocenters. The van der Waals surface area contributed by atoms with E-state index in [-0.39, 0.29) is 5.41 Å². The Morgan fingerprint density at radius 2 is 1.36 bits per heavy atom. The largest absolute Gasteiger partial charge is 0.455 e. The molecule has 0 aliphatic heterocycles. The van der Waals surface area contributed by atoms with Crippen LogP contribution in [0.15, 0.2) is 114 Å². The molecule has 4 heteroatoms. The van der Waals surface area contributed by atoms with Gasteiger partial charge in [0.15, 0.2) is 0 Å². The molecule has 8 rings (SSSR count). The minimum absolute atomic E-state index is 0.0417. The summed E-state index contributed by atoms with van der Waals surface area (Å²) in [6.07, 6.45) is 0. The molecule has 0 atom stereocenters. The average molecular weight is 589 g/mol. The Balaban J connectivity index is 1.45. The van der Waals surface area contributed by atoms with E-state index in [1.807, 2.05) is 0 Å². The van der Waals surface area contributed by atoms with E-state index in [1.54, 1.807) is 0 Å². The summed E-state index contributed by atoms with van der Waals surface area (Å²) in [7, 11) is -1.44. The molecule has 0 saturated heterocycles. The molecule has 216 valence electrons. The maximum absolute atomic E-state index is 7.00. The van der Waals surface area contributed by atoms with Gasteiger partial charge in [0.25, 0.3) is 0 Å². The lowest BCUT2D eigenvalue weighted by Crippen LogP contribution is -2.37. The van der Waals surface area contributed by atoms with Gasteiger partial charge in [0.1, 0.15) is 17.0 Å². The van der Waals surface area contributed by atoms with Crippen LogP contribution in [0, 0.1) is 0 Å². The summed E-state index contributed by atoms with van der Waals surface area (Å²) in [6, 6.07) is 39.6. The van der Waals surface area contributed by atoms with Crippen molar-refractivity contribution in [2.75, 3.05) is 0 Å². The zero-order valence-corrected chi connectivity index (χ0v) is 27.2. The fourth-order valence-corrected chi connectivity index (χ4v) is 7.97. The summed E-state index contributed by atoms with van der Waals surface area (Å²) in [6.45, 7) is 14.0. The second-order valence-corrected chi connectivity index (χ2v) is 19.2. The summed E-state index contributed by atoms with van der Waals surface area (Å²) < 4.78 is 9.32. The maximum Gasteiger partial charge on any atom is 0.149 e. The monoisotopic (exact) mass is 588 g/mol. The molecular weight excluding hydrogens is 553 g/mol. The van der Waals surface area contributed by atoms with E-state index in [0.717, 1.165) is 50.0 Å². The number of hydrogen-bond acceptors (Lipinski definition) is 2. The average Bonchev–Trinajstić information content (AvgIpc) is 3.58. The van der Waals surface area contributed by atoms with Crippen LogP contribution in [-0.4, -0.2) is 17.6 Å². The predicted molar refractivity (Wildman–Crippen MR) is 190 cm³/mol. The van der Waals surface area contributed by atoms with E-state index >= 15 is 0 Å². The molecular formula is C40H36N2OSi. The first-order valence-corrected chi connectivity index (χ1v) is 19.0. The van der Waals surface area contributed by atoms with Gasteiger partial charge in [0.2, 0.25) is 0 Å². The summed E-state index contributed by atoms with van der Waals surface area (Å²) in [5.41, 5.74) is 7.23. The number of nitrogens with zero attached hydrogens (tertiary/aromatic N) is 2. The van der Waals surface area contributed by atoms with Crippen LogP contribution in [0.2, 0.25) is 19.6 Å². The van der Waals surface area contributed by atoms with Crippen LogP contribution in [0.4, 0.5) is 0 Å². The number of para-hydroxylation sites is 4. The summed E-state index contributed by atoms with van der Waals surface area (Å²) >= 11 is 0. The SMILES string of the molecule is CC(C)(C)c1ccccc1-n1c(-c2cccc3c2oc2c3ccc3ccc4cc([Si](C)(C)C)ccc4c32)nc2ccccc21. The highest BCUT2D eigenvalue weighted by atomic mass is 28.3. The van der Waals surface area contributed by atoms with Gasteiger partial charge in [-0.05, 0) is 57.5 Å². The highest BCUT2D eigenvalue weighted by molar-refractivity contribution is 6.88. The van der Waals surface area contributed by atoms with Crippen LogP contribution in [0.25, 0.3) is 71.6 Å². The standard InChI is InChI=1S/C40H36N2OSi/c1-40(2,3)32-14-7-9-16-34(32)42-35-17-10-8-15-33(35)41-39(42)31-13-11-12-29-30-22-20-25-18-19-26-24-27(44(4,5)6)21-23-28(26)36(25)38(30)43-37(29)31/h7-24H,1-6H3. The number of benzene rings is 6. The van der Waals surface area contributed by atoms with Crippen molar-refractivity contribution < 1.29 is 4.42 Å². The molecule has 8 aromatic rings. The van der Waals surface area contributed by atoms with Crippen LogP contribution in [-0.2, 0) is 5.41 Å². The summed E-state index contributed by atoms with van der Waals surface area (Å²) in [5.74, 6) is 0.890. The number of hydrogen-bond donors (Lipinski definition) is 0. The maximum atomic E-state index is 7.00. The molecule has 2 aromatic heterocycles. The minimum atomic E-state index is -1.44. The molecule has 2 heterocycles. The van der Waals surface area contributed by atoms with Crippen molar-refractivity contribution in [2.24, 2.45) is 0 Å². The van der Waals surface area contributed by atoms with E-state index in [2.05, 4.69) is 154 Å². The highest BCUT2D eigenvalue weighted by Gasteiger charge is 2.25. The Morgan fingerprint density at radius 3 is 2.18 bits per heavy atom. The Hall–Kier alpha value is -4.67. The first kappa shape index (κ1) is 26.9. The van der Waals surface area contributed by atoms with Gasteiger partial charge in [-0.1, -0.05) is 124 Å². The molecule has 0 aliphatic rings. The van der Waals surface area contributed by atoms with Crippen LogP contribution in [0.5, 0.6) is 0 Å². The van der Waals surface area contributed by atoms with Gasteiger partial charge in [-0.2, -0.15) is 0 Å². The Labute approximate surface area is 258 Å². The van der Waals surface area contributed by atoms with Crippen LogP contribution >= 0.6 is 0 Å². The normalized spacial score (nSPS) is 12.8. The second kappa shape index (κ2) is 9.41. The molecule has 0 N–H and O–H groups in total. The van der Waals surface area contributed by atoms with Crippen molar-refractivity contribution in [3.63, 3.8) is 0 Å². The Bertz CT molecular complexity index is 2410. The third-order valence-electron chi connectivity index (χ3n) is 9.08. The van der Waals surface area contributed by atoms with E-state index in [9.17, 15) is 0 Å². The van der Waals surface area contributed by atoms with Gasteiger partial charge in [0, 0.05) is 16.2 Å². The molecule has 0 saturated carbocycles. The molecule has 0 amide bonds. The number of rotatable bonds is 3. The lowest BCUT2D eigenvalue weighted by atomic mass is 9.85. The van der Waals surface area contributed by atoms with Crippen molar-refractivity contribution in [3.8, 4) is 17.1 Å². The van der Waals surface area contributed by atoms with Crippen molar-refractivity contribution in [1.29, 1.82) is 0 Å². The predicted octanol–water partition coefficient (Wildman–Crippen LogP) is 10.7. The van der Waals surface area contributed by atoms with Gasteiger partial charge in [-0.15, -0.1) is 0 Å².